The minimum absolute atomic E-state index is 0.0781. The van der Waals surface area contributed by atoms with Crippen molar-refractivity contribution in [3.05, 3.63) is 47.5 Å². The SMILES string of the molecule is C=CCN(C(=O)C1CCCN(S(=O)(=O)c2ccc(OC)cc2)C1)c1nc2c(s1)CCCC2. The molecule has 1 aliphatic carbocycles. The molecule has 2 heterocycles. The number of aryl methyl sites for hydroxylation is 2. The number of carbonyl (C=O) groups is 1. The van der Waals surface area contributed by atoms with E-state index in [4.69, 9.17) is 9.72 Å². The van der Waals surface area contributed by atoms with Gasteiger partial charge in [0.25, 0.3) is 0 Å². The number of carbonyl (C=O) groups excluding carboxylic acids is 1. The molecule has 0 spiro atoms. The summed E-state index contributed by atoms with van der Waals surface area (Å²) < 4.78 is 32.9. The van der Waals surface area contributed by atoms with Crippen LogP contribution in [0.3, 0.4) is 0 Å². The third-order valence-corrected chi connectivity index (χ3v) is 9.13. The fourth-order valence-corrected chi connectivity index (χ4v) is 7.01. The van der Waals surface area contributed by atoms with Gasteiger partial charge in [-0.05, 0) is 62.8 Å². The number of benzene rings is 1. The maximum absolute atomic E-state index is 13.5. The Labute approximate surface area is 193 Å². The molecule has 1 aliphatic heterocycles. The smallest absolute Gasteiger partial charge is 0.243 e. The molecule has 2 aliphatic rings. The Bertz CT molecular complexity index is 1060. The van der Waals surface area contributed by atoms with E-state index in [2.05, 4.69) is 6.58 Å². The molecule has 1 saturated heterocycles. The Morgan fingerprint density at radius 1 is 1.28 bits per heavy atom. The first-order valence-corrected chi connectivity index (χ1v) is 13.2. The van der Waals surface area contributed by atoms with E-state index >= 15 is 0 Å². The molecule has 4 rings (SSSR count). The van der Waals surface area contributed by atoms with Crippen LogP contribution in [0.25, 0.3) is 0 Å². The fourth-order valence-electron chi connectivity index (χ4n) is 4.32. The highest BCUT2D eigenvalue weighted by molar-refractivity contribution is 7.89. The van der Waals surface area contributed by atoms with E-state index in [0.29, 0.717) is 36.8 Å². The highest BCUT2D eigenvalue weighted by Gasteiger charge is 2.36. The molecular weight excluding hydrogens is 446 g/mol. The topological polar surface area (TPSA) is 79.8 Å². The van der Waals surface area contributed by atoms with Gasteiger partial charge in [0.05, 0.1) is 23.6 Å². The summed E-state index contributed by atoms with van der Waals surface area (Å²) in [6.45, 7) is 4.76. The summed E-state index contributed by atoms with van der Waals surface area (Å²) in [4.78, 5) is 21.4. The molecule has 0 bridgehead atoms. The molecule has 1 unspecified atom stereocenters. The number of ether oxygens (including phenoxy) is 1. The Morgan fingerprint density at radius 3 is 2.72 bits per heavy atom. The summed E-state index contributed by atoms with van der Waals surface area (Å²) in [5.74, 6) is 0.116. The number of aromatic nitrogens is 1. The molecule has 1 atom stereocenters. The van der Waals surface area contributed by atoms with Gasteiger partial charge in [0.15, 0.2) is 5.13 Å². The highest BCUT2D eigenvalue weighted by Crippen LogP contribution is 2.34. The number of methoxy groups -OCH3 is 1. The van der Waals surface area contributed by atoms with Gasteiger partial charge in [-0.15, -0.1) is 17.9 Å². The minimum Gasteiger partial charge on any atom is -0.497 e. The number of rotatable bonds is 7. The third-order valence-electron chi connectivity index (χ3n) is 6.07. The Balaban J connectivity index is 1.53. The molecule has 9 heteroatoms. The Kier molecular flexibility index (Phi) is 6.97. The molecule has 172 valence electrons. The maximum atomic E-state index is 13.5. The van der Waals surface area contributed by atoms with Crippen molar-refractivity contribution in [2.45, 2.75) is 43.4 Å². The van der Waals surface area contributed by atoms with Crippen LogP contribution >= 0.6 is 11.3 Å². The maximum Gasteiger partial charge on any atom is 0.243 e. The fraction of sp³-hybridized carbons (Fsp3) is 0.478. The van der Waals surface area contributed by atoms with E-state index in [9.17, 15) is 13.2 Å². The second-order valence-corrected chi connectivity index (χ2v) is 11.2. The number of hydrogen-bond acceptors (Lipinski definition) is 6. The van der Waals surface area contributed by atoms with Crippen LogP contribution in [0.5, 0.6) is 5.75 Å². The van der Waals surface area contributed by atoms with Crippen LogP contribution in [0.1, 0.15) is 36.3 Å². The monoisotopic (exact) mass is 475 g/mol. The van der Waals surface area contributed by atoms with Crippen molar-refractivity contribution in [3.63, 3.8) is 0 Å². The number of amides is 1. The van der Waals surface area contributed by atoms with Crippen molar-refractivity contribution in [2.24, 2.45) is 5.92 Å². The first-order valence-electron chi connectivity index (χ1n) is 11.0. The molecular formula is C23H29N3O4S2. The lowest BCUT2D eigenvalue weighted by Crippen LogP contribution is -2.47. The number of anilines is 1. The minimum atomic E-state index is -3.68. The molecule has 2 aromatic rings. The zero-order valence-electron chi connectivity index (χ0n) is 18.3. The molecule has 0 radical (unpaired) electrons. The van der Waals surface area contributed by atoms with Crippen molar-refractivity contribution in [2.75, 3.05) is 31.6 Å². The second-order valence-electron chi connectivity index (χ2n) is 8.19. The largest absolute Gasteiger partial charge is 0.497 e. The van der Waals surface area contributed by atoms with Gasteiger partial charge in [-0.2, -0.15) is 4.31 Å². The van der Waals surface area contributed by atoms with Gasteiger partial charge in [-0.25, -0.2) is 13.4 Å². The highest BCUT2D eigenvalue weighted by atomic mass is 32.2. The summed E-state index contributed by atoms with van der Waals surface area (Å²) in [6, 6.07) is 6.36. The molecule has 1 amide bonds. The molecule has 1 fully saturated rings. The Hall–Kier alpha value is -2.23. The normalized spacial score (nSPS) is 19.2. The third kappa shape index (κ3) is 4.60. The number of sulfonamides is 1. The predicted molar refractivity (Wildman–Crippen MR) is 126 cm³/mol. The van der Waals surface area contributed by atoms with Crippen LogP contribution in [0.2, 0.25) is 0 Å². The average molecular weight is 476 g/mol. The van der Waals surface area contributed by atoms with E-state index in [-0.39, 0.29) is 17.3 Å². The van der Waals surface area contributed by atoms with Crippen LogP contribution in [0, 0.1) is 5.92 Å². The number of fused-ring (bicyclic) bond motifs is 1. The molecule has 32 heavy (non-hydrogen) atoms. The van der Waals surface area contributed by atoms with Gasteiger partial charge in [-0.1, -0.05) is 6.08 Å². The van der Waals surface area contributed by atoms with Gasteiger partial charge >= 0.3 is 0 Å². The molecule has 1 aromatic carbocycles. The standard InChI is InChI=1S/C23H29N3O4S2/c1-3-14-26(23-24-20-8-4-5-9-21(20)31-23)22(27)17-7-6-15-25(16-17)32(28,29)19-12-10-18(30-2)11-13-19/h3,10-13,17H,1,4-9,14-16H2,2H3. The Morgan fingerprint density at radius 2 is 2.03 bits per heavy atom. The summed E-state index contributed by atoms with van der Waals surface area (Å²) >= 11 is 1.58. The molecule has 1 aromatic heterocycles. The first kappa shape index (κ1) is 22.9. The second kappa shape index (κ2) is 9.72. The van der Waals surface area contributed by atoms with Crippen molar-refractivity contribution in [3.8, 4) is 5.75 Å². The first-order chi connectivity index (χ1) is 15.4. The zero-order chi connectivity index (χ0) is 22.7. The number of thiazole rings is 1. The van der Waals surface area contributed by atoms with Crippen molar-refractivity contribution in [1.82, 2.24) is 9.29 Å². The molecule has 0 N–H and O–H groups in total. The van der Waals surface area contributed by atoms with Gasteiger partial charge in [0.1, 0.15) is 5.75 Å². The van der Waals surface area contributed by atoms with Crippen molar-refractivity contribution >= 4 is 32.4 Å². The van der Waals surface area contributed by atoms with Crippen LogP contribution in [-0.2, 0) is 27.7 Å². The summed E-state index contributed by atoms with van der Waals surface area (Å²) in [7, 11) is -2.14. The molecule has 0 saturated carbocycles. The van der Waals surface area contributed by atoms with E-state index < -0.39 is 15.9 Å². The van der Waals surface area contributed by atoms with E-state index in [1.165, 1.54) is 16.3 Å². The lowest BCUT2D eigenvalue weighted by atomic mass is 9.98. The number of nitrogens with zero attached hydrogens (tertiary/aromatic N) is 3. The van der Waals surface area contributed by atoms with Gasteiger partial charge in [0, 0.05) is 24.5 Å². The zero-order valence-corrected chi connectivity index (χ0v) is 20.0. The van der Waals surface area contributed by atoms with Crippen LogP contribution in [0.4, 0.5) is 5.13 Å². The number of hydrogen-bond donors (Lipinski definition) is 0. The van der Waals surface area contributed by atoms with Crippen LogP contribution in [-0.4, -0.2) is 50.4 Å². The van der Waals surface area contributed by atoms with Gasteiger partial charge in [-0.3, -0.25) is 9.69 Å². The molecule has 7 nitrogen and oxygen atoms in total. The predicted octanol–water partition coefficient (Wildman–Crippen LogP) is 3.65. The average Bonchev–Trinajstić information content (AvgIpc) is 3.26. The lowest BCUT2D eigenvalue weighted by molar-refractivity contribution is -0.123. The lowest BCUT2D eigenvalue weighted by Gasteiger charge is -2.33. The van der Waals surface area contributed by atoms with Crippen LogP contribution < -0.4 is 9.64 Å². The summed E-state index contributed by atoms with van der Waals surface area (Å²) in [5.41, 5.74) is 1.10. The van der Waals surface area contributed by atoms with Gasteiger partial charge in [0.2, 0.25) is 15.9 Å². The summed E-state index contributed by atoms with van der Waals surface area (Å²) in [6.07, 6.45) is 7.26. The van der Waals surface area contributed by atoms with Crippen molar-refractivity contribution in [1.29, 1.82) is 0 Å². The number of piperidine rings is 1. The van der Waals surface area contributed by atoms with E-state index in [0.717, 1.165) is 31.4 Å². The summed E-state index contributed by atoms with van der Waals surface area (Å²) in [5, 5.41) is 0.705. The van der Waals surface area contributed by atoms with E-state index in [1.807, 2.05) is 0 Å². The van der Waals surface area contributed by atoms with Gasteiger partial charge < -0.3 is 4.74 Å². The van der Waals surface area contributed by atoms with E-state index in [1.54, 1.807) is 46.6 Å². The van der Waals surface area contributed by atoms with Crippen molar-refractivity contribution < 1.29 is 17.9 Å². The quantitative estimate of drug-likeness (QED) is 0.571. The van der Waals surface area contributed by atoms with Crippen LogP contribution in [0.15, 0.2) is 41.8 Å².